The summed E-state index contributed by atoms with van der Waals surface area (Å²) in [4.78, 5) is 2.55. The second-order valence-electron chi connectivity index (χ2n) is 5.88. The van der Waals surface area contributed by atoms with Crippen LogP contribution in [0.2, 0.25) is 0 Å². The SMILES string of the molecule is CC1CC1CN(C)CC1CCCC1CN. The average Bonchev–Trinajstić information content (AvgIpc) is 2.73. The van der Waals surface area contributed by atoms with Crippen molar-refractivity contribution < 1.29 is 0 Å². The molecule has 4 atom stereocenters. The molecule has 2 aliphatic carbocycles. The molecule has 2 fully saturated rings. The standard InChI is InChI=1S/C13H26N2/c1-10-6-13(10)9-15(2)8-12-5-3-4-11(12)7-14/h10-13H,3-9,14H2,1-2H3. The maximum Gasteiger partial charge on any atom is 0.000985 e. The molecule has 2 nitrogen and oxygen atoms in total. The third kappa shape index (κ3) is 2.94. The zero-order chi connectivity index (χ0) is 10.8. The summed E-state index contributed by atoms with van der Waals surface area (Å²) in [5, 5.41) is 0. The lowest BCUT2D eigenvalue weighted by Gasteiger charge is -2.24. The summed E-state index contributed by atoms with van der Waals surface area (Å²) in [5.74, 6) is 3.67. The molecule has 0 heterocycles. The minimum atomic E-state index is 0.809. The Labute approximate surface area is 94.2 Å². The largest absolute Gasteiger partial charge is 0.330 e. The van der Waals surface area contributed by atoms with Crippen LogP contribution >= 0.6 is 0 Å². The van der Waals surface area contributed by atoms with E-state index in [-0.39, 0.29) is 0 Å². The molecule has 2 rings (SSSR count). The van der Waals surface area contributed by atoms with Gasteiger partial charge in [-0.15, -0.1) is 0 Å². The van der Waals surface area contributed by atoms with E-state index in [0.717, 1.165) is 30.2 Å². The van der Waals surface area contributed by atoms with E-state index in [9.17, 15) is 0 Å². The minimum Gasteiger partial charge on any atom is -0.330 e. The summed E-state index contributed by atoms with van der Waals surface area (Å²) < 4.78 is 0. The van der Waals surface area contributed by atoms with Crippen LogP contribution in [0.3, 0.4) is 0 Å². The smallest absolute Gasteiger partial charge is 0.000985 e. The van der Waals surface area contributed by atoms with Gasteiger partial charge in [0, 0.05) is 13.1 Å². The highest BCUT2D eigenvalue weighted by atomic mass is 15.1. The molecule has 0 aromatic heterocycles. The predicted octanol–water partition coefficient (Wildman–Crippen LogP) is 1.95. The third-order valence-corrected chi connectivity index (χ3v) is 4.49. The molecule has 0 saturated heterocycles. The zero-order valence-electron chi connectivity index (χ0n) is 10.3. The minimum absolute atomic E-state index is 0.809. The summed E-state index contributed by atoms with van der Waals surface area (Å²) in [6, 6.07) is 0. The molecule has 0 aromatic rings. The van der Waals surface area contributed by atoms with Crippen LogP contribution in [0, 0.1) is 23.7 Å². The van der Waals surface area contributed by atoms with Gasteiger partial charge in [0.1, 0.15) is 0 Å². The van der Waals surface area contributed by atoms with Crippen molar-refractivity contribution in [3.8, 4) is 0 Å². The predicted molar refractivity (Wildman–Crippen MR) is 64.7 cm³/mol. The summed E-state index contributed by atoms with van der Waals surface area (Å²) in [6.45, 7) is 5.87. The first-order valence-corrected chi connectivity index (χ1v) is 6.59. The molecule has 2 heteroatoms. The second-order valence-corrected chi connectivity index (χ2v) is 5.88. The van der Waals surface area contributed by atoms with Crippen LogP contribution in [0.5, 0.6) is 0 Å². The van der Waals surface area contributed by atoms with Gasteiger partial charge in [-0.1, -0.05) is 13.3 Å². The normalized spacial score (nSPS) is 40.0. The van der Waals surface area contributed by atoms with Crippen molar-refractivity contribution in [3.05, 3.63) is 0 Å². The number of nitrogens with zero attached hydrogens (tertiary/aromatic N) is 1. The molecular formula is C13H26N2. The number of hydrogen-bond acceptors (Lipinski definition) is 2. The summed E-state index contributed by atoms with van der Waals surface area (Å²) in [7, 11) is 2.29. The highest BCUT2D eigenvalue weighted by Crippen LogP contribution is 2.38. The van der Waals surface area contributed by atoms with E-state index in [0.29, 0.717) is 0 Å². The van der Waals surface area contributed by atoms with Crippen LogP contribution < -0.4 is 5.73 Å². The van der Waals surface area contributed by atoms with Crippen molar-refractivity contribution in [2.24, 2.45) is 29.4 Å². The first kappa shape index (κ1) is 11.4. The molecule has 0 aliphatic heterocycles. The van der Waals surface area contributed by atoms with Gasteiger partial charge in [-0.25, -0.2) is 0 Å². The molecule has 0 radical (unpaired) electrons. The van der Waals surface area contributed by atoms with Gasteiger partial charge in [-0.05, 0) is 56.5 Å². The first-order valence-electron chi connectivity index (χ1n) is 6.59. The maximum absolute atomic E-state index is 5.82. The Morgan fingerprint density at radius 3 is 2.33 bits per heavy atom. The summed E-state index contributed by atoms with van der Waals surface area (Å²) >= 11 is 0. The molecule has 2 aliphatic rings. The maximum atomic E-state index is 5.82. The lowest BCUT2D eigenvalue weighted by atomic mass is 9.96. The molecule has 2 saturated carbocycles. The Kier molecular flexibility index (Phi) is 3.68. The number of hydrogen-bond donors (Lipinski definition) is 1. The van der Waals surface area contributed by atoms with Crippen molar-refractivity contribution in [2.75, 3.05) is 26.7 Å². The lowest BCUT2D eigenvalue weighted by Crippen LogP contribution is -2.31. The van der Waals surface area contributed by atoms with E-state index >= 15 is 0 Å². The van der Waals surface area contributed by atoms with Crippen molar-refractivity contribution in [2.45, 2.75) is 32.6 Å². The highest BCUT2D eigenvalue weighted by molar-refractivity contribution is 4.86. The quantitative estimate of drug-likeness (QED) is 0.751. The van der Waals surface area contributed by atoms with E-state index in [1.165, 1.54) is 38.8 Å². The Balaban J connectivity index is 1.70. The molecule has 0 aromatic carbocycles. The van der Waals surface area contributed by atoms with Crippen LogP contribution in [0.1, 0.15) is 32.6 Å². The zero-order valence-corrected chi connectivity index (χ0v) is 10.3. The first-order chi connectivity index (χ1) is 7.20. The average molecular weight is 210 g/mol. The molecule has 2 N–H and O–H groups in total. The van der Waals surface area contributed by atoms with Crippen LogP contribution in [0.25, 0.3) is 0 Å². The second kappa shape index (κ2) is 4.84. The van der Waals surface area contributed by atoms with Gasteiger partial charge in [0.15, 0.2) is 0 Å². The van der Waals surface area contributed by atoms with E-state index in [1.807, 2.05) is 0 Å². The van der Waals surface area contributed by atoms with Gasteiger partial charge in [-0.2, -0.15) is 0 Å². The monoisotopic (exact) mass is 210 g/mol. The van der Waals surface area contributed by atoms with E-state index in [4.69, 9.17) is 5.73 Å². The van der Waals surface area contributed by atoms with Gasteiger partial charge < -0.3 is 10.6 Å². The summed E-state index contributed by atoms with van der Waals surface area (Å²) in [5.41, 5.74) is 5.82. The van der Waals surface area contributed by atoms with E-state index in [1.54, 1.807) is 0 Å². The molecule has 0 amide bonds. The summed E-state index contributed by atoms with van der Waals surface area (Å²) in [6.07, 6.45) is 5.64. The topological polar surface area (TPSA) is 29.3 Å². The number of rotatable bonds is 5. The fraction of sp³-hybridized carbons (Fsp3) is 1.00. The van der Waals surface area contributed by atoms with Gasteiger partial charge in [0.25, 0.3) is 0 Å². The van der Waals surface area contributed by atoms with Crippen LogP contribution in [-0.2, 0) is 0 Å². The van der Waals surface area contributed by atoms with Gasteiger partial charge in [0.2, 0.25) is 0 Å². The van der Waals surface area contributed by atoms with Crippen LogP contribution in [0.15, 0.2) is 0 Å². The van der Waals surface area contributed by atoms with Gasteiger partial charge >= 0.3 is 0 Å². The van der Waals surface area contributed by atoms with Crippen molar-refractivity contribution in [3.63, 3.8) is 0 Å². The van der Waals surface area contributed by atoms with Crippen molar-refractivity contribution in [1.29, 1.82) is 0 Å². The molecule has 4 unspecified atom stereocenters. The Morgan fingerprint density at radius 2 is 1.73 bits per heavy atom. The van der Waals surface area contributed by atoms with Gasteiger partial charge in [0.05, 0.1) is 0 Å². The fourth-order valence-corrected chi connectivity index (χ4v) is 3.19. The Hall–Kier alpha value is -0.0800. The Morgan fingerprint density at radius 1 is 1.13 bits per heavy atom. The molecule has 0 spiro atoms. The van der Waals surface area contributed by atoms with Crippen molar-refractivity contribution >= 4 is 0 Å². The van der Waals surface area contributed by atoms with E-state index < -0.39 is 0 Å². The van der Waals surface area contributed by atoms with Crippen LogP contribution in [-0.4, -0.2) is 31.6 Å². The highest BCUT2D eigenvalue weighted by Gasteiger charge is 2.34. The number of nitrogens with two attached hydrogens (primary N) is 1. The molecule has 0 bridgehead atoms. The van der Waals surface area contributed by atoms with Crippen LogP contribution in [0.4, 0.5) is 0 Å². The third-order valence-electron chi connectivity index (χ3n) is 4.49. The molecule has 88 valence electrons. The van der Waals surface area contributed by atoms with E-state index in [2.05, 4.69) is 18.9 Å². The molecule has 15 heavy (non-hydrogen) atoms. The lowest BCUT2D eigenvalue weighted by molar-refractivity contribution is 0.233. The van der Waals surface area contributed by atoms with Gasteiger partial charge in [-0.3, -0.25) is 0 Å². The fourth-order valence-electron chi connectivity index (χ4n) is 3.19. The molecular weight excluding hydrogens is 184 g/mol. The Bertz CT molecular complexity index is 205. The van der Waals surface area contributed by atoms with Crippen molar-refractivity contribution in [1.82, 2.24) is 4.90 Å².